The summed E-state index contributed by atoms with van der Waals surface area (Å²) in [6.07, 6.45) is 75.5. The van der Waals surface area contributed by atoms with Crippen LogP contribution in [0.2, 0.25) is 0 Å². The third kappa shape index (κ3) is 60.0. The molecule has 0 radical (unpaired) electrons. The molecule has 3 N–H and O–H groups in total. The lowest BCUT2D eigenvalue weighted by Crippen LogP contribution is -2.45. The molecule has 2 unspecified atom stereocenters. The maximum atomic E-state index is 12.5. The molecular formula is C67H133NO5. The zero-order valence-electron chi connectivity index (χ0n) is 49.9. The normalized spacial score (nSPS) is 12.4. The molecule has 1 amide bonds. The minimum Gasteiger partial charge on any atom is -0.466 e. The van der Waals surface area contributed by atoms with Gasteiger partial charge in [-0.2, -0.15) is 0 Å². The fraction of sp³-hybridized carbons (Fsp3) is 0.970. The molecule has 6 nitrogen and oxygen atoms in total. The molecule has 2 atom stereocenters. The molecule has 0 rings (SSSR count). The average Bonchev–Trinajstić information content (AvgIpc) is 3.39. The Morgan fingerprint density at radius 2 is 0.562 bits per heavy atom. The van der Waals surface area contributed by atoms with Crippen molar-refractivity contribution in [2.24, 2.45) is 0 Å². The Bertz CT molecular complexity index is 1050. The maximum Gasteiger partial charge on any atom is 0.305 e. The Hall–Kier alpha value is -1.14. The van der Waals surface area contributed by atoms with Crippen LogP contribution < -0.4 is 5.32 Å². The summed E-state index contributed by atoms with van der Waals surface area (Å²) in [5.41, 5.74) is 0. The number of rotatable bonds is 64. The van der Waals surface area contributed by atoms with E-state index in [9.17, 15) is 19.8 Å². The van der Waals surface area contributed by atoms with Gasteiger partial charge in [0.1, 0.15) is 0 Å². The standard InChI is InChI=1S/C67H133NO5/c1-3-5-7-9-11-13-15-17-19-21-23-24-25-26-27-28-29-31-35-39-43-47-51-55-59-65(70)64(63-69)68-66(71)60-56-52-48-44-40-36-33-34-38-42-46-50-54-58-62-73-67(72)61-57-53-49-45-41-37-32-30-22-20-18-16-14-12-10-8-6-4-2/h64-65,69-70H,3-63H2,1-2H3,(H,68,71). The van der Waals surface area contributed by atoms with Crippen LogP contribution in [0.25, 0.3) is 0 Å². The molecular weight excluding hydrogens is 899 g/mol. The van der Waals surface area contributed by atoms with Gasteiger partial charge in [-0.3, -0.25) is 9.59 Å². The molecule has 0 aliphatic rings. The zero-order valence-corrected chi connectivity index (χ0v) is 49.9. The number of carbonyl (C=O) groups excluding carboxylic acids is 2. The van der Waals surface area contributed by atoms with Crippen LogP contribution in [0.5, 0.6) is 0 Å². The van der Waals surface area contributed by atoms with Crippen molar-refractivity contribution in [3.05, 3.63) is 0 Å². The number of ether oxygens (including phenoxy) is 1. The molecule has 0 aromatic heterocycles. The topological polar surface area (TPSA) is 95.9 Å². The Morgan fingerprint density at radius 3 is 0.836 bits per heavy atom. The summed E-state index contributed by atoms with van der Waals surface area (Å²) in [5, 5.41) is 23.4. The fourth-order valence-corrected chi connectivity index (χ4v) is 11.0. The van der Waals surface area contributed by atoms with Gasteiger partial charge in [0.25, 0.3) is 0 Å². The second kappa shape index (κ2) is 63.4. The van der Waals surface area contributed by atoms with E-state index in [0.717, 1.165) is 51.4 Å². The Morgan fingerprint density at radius 1 is 0.329 bits per heavy atom. The van der Waals surface area contributed by atoms with Gasteiger partial charge in [-0.05, 0) is 25.7 Å². The van der Waals surface area contributed by atoms with Gasteiger partial charge < -0.3 is 20.3 Å². The minimum atomic E-state index is -0.672. The number of esters is 1. The molecule has 73 heavy (non-hydrogen) atoms. The minimum absolute atomic E-state index is 0.00416. The van der Waals surface area contributed by atoms with Crippen LogP contribution in [0.15, 0.2) is 0 Å². The summed E-state index contributed by atoms with van der Waals surface area (Å²) in [5.74, 6) is -0.0354. The van der Waals surface area contributed by atoms with Gasteiger partial charge in [-0.15, -0.1) is 0 Å². The van der Waals surface area contributed by atoms with E-state index in [1.807, 2.05) is 0 Å². The number of nitrogens with one attached hydrogen (secondary N) is 1. The molecule has 6 heteroatoms. The van der Waals surface area contributed by atoms with E-state index in [4.69, 9.17) is 4.74 Å². The SMILES string of the molecule is CCCCCCCCCCCCCCCCCCCCCCCCCCC(O)C(CO)NC(=O)CCCCCCCCCCCCCCCCOC(=O)CCCCCCCCCCCCCCCCCCCC. The zero-order chi connectivity index (χ0) is 52.9. The molecule has 0 fully saturated rings. The van der Waals surface area contributed by atoms with Crippen molar-refractivity contribution in [2.75, 3.05) is 13.2 Å². The van der Waals surface area contributed by atoms with Gasteiger partial charge in [0.15, 0.2) is 0 Å². The predicted octanol–water partition coefficient (Wildman–Crippen LogP) is 21.4. The van der Waals surface area contributed by atoms with Crippen LogP contribution >= 0.6 is 0 Å². The monoisotopic (exact) mass is 1030 g/mol. The van der Waals surface area contributed by atoms with Gasteiger partial charge in [0.05, 0.1) is 25.4 Å². The largest absolute Gasteiger partial charge is 0.466 e. The molecule has 0 aliphatic carbocycles. The molecule has 0 aromatic rings. The van der Waals surface area contributed by atoms with E-state index in [2.05, 4.69) is 19.2 Å². The fourth-order valence-electron chi connectivity index (χ4n) is 11.0. The number of carbonyl (C=O) groups is 2. The van der Waals surface area contributed by atoms with E-state index < -0.39 is 12.1 Å². The summed E-state index contributed by atoms with van der Waals surface area (Å²) in [4.78, 5) is 24.7. The van der Waals surface area contributed by atoms with Crippen molar-refractivity contribution in [1.82, 2.24) is 5.32 Å². The van der Waals surface area contributed by atoms with Crippen molar-refractivity contribution in [3.8, 4) is 0 Å². The van der Waals surface area contributed by atoms with Crippen molar-refractivity contribution in [3.63, 3.8) is 0 Å². The molecule has 0 heterocycles. The highest BCUT2D eigenvalue weighted by molar-refractivity contribution is 5.76. The molecule has 0 aromatic carbocycles. The van der Waals surface area contributed by atoms with Gasteiger partial charge in [-0.25, -0.2) is 0 Å². The smallest absolute Gasteiger partial charge is 0.305 e. The average molecular weight is 1030 g/mol. The second-order valence-corrected chi connectivity index (χ2v) is 23.5. The number of hydrogen-bond acceptors (Lipinski definition) is 5. The number of hydrogen-bond donors (Lipinski definition) is 3. The maximum absolute atomic E-state index is 12.5. The predicted molar refractivity (Wildman–Crippen MR) is 320 cm³/mol. The highest BCUT2D eigenvalue weighted by Gasteiger charge is 2.20. The van der Waals surface area contributed by atoms with E-state index >= 15 is 0 Å². The molecule has 0 saturated heterocycles. The van der Waals surface area contributed by atoms with E-state index in [1.165, 1.54) is 308 Å². The molecule has 0 aliphatic heterocycles. The number of aliphatic hydroxyl groups is 2. The molecule has 0 spiro atoms. The van der Waals surface area contributed by atoms with Crippen LogP contribution in [-0.2, 0) is 14.3 Å². The lowest BCUT2D eigenvalue weighted by Gasteiger charge is -2.22. The highest BCUT2D eigenvalue weighted by atomic mass is 16.5. The van der Waals surface area contributed by atoms with Crippen LogP contribution in [0, 0.1) is 0 Å². The Labute approximate surface area is 457 Å². The molecule has 0 bridgehead atoms. The lowest BCUT2D eigenvalue weighted by atomic mass is 10.0. The van der Waals surface area contributed by atoms with Crippen molar-refractivity contribution >= 4 is 11.9 Å². The lowest BCUT2D eigenvalue weighted by molar-refractivity contribution is -0.143. The van der Waals surface area contributed by atoms with E-state index in [-0.39, 0.29) is 18.5 Å². The first-order valence-electron chi connectivity index (χ1n) is 33.8. The van der Waals surface area contributed by atoms with Gasteiger partial charge in [-0.1, -0.05) is 354 Å². The highest BCUT2D eigenvalue weighted by Crippen LogP contribution is 2.19. The quantitative estimate of drug-likeness (QED) is 0.0417. The summed E-state index contributed by atoms with van der Waals surface area (Å²) >= 11 is 0. The van der Waals surface area contributed by atoms with Gasteiger partial charge in [0.2, 0.25) is 5.91 Å². The summed E-state index contributed by atoms with van der Waals surface area (Å²) in [7, 11) is 0. The summed E-state index contributed by atoms with van der Waals surface area (Å²) in [6.45, 7) is 4.98. The van der Waals surface area contributed by atoms with Crippen LogP contribution in [0.3, 0.4) is 0 Å². The van der Waals surface area contributed by atoms with Crippen molar-refractivity contribution in [2.45, 2.75) is 405 Å². The third-order valence-corrected chi connectivity index (χ3v) is 16.2. The Balaban J connectivity index is 3.40. The summed E-state index contributed by atoms with van der Waals surface area (Å²) in [6, 6.07) is -0.550. The van der Waals surface area contributed by atoms with Crippen molar-refractivity contribution < 1.29 is 24.5 Å². The van der Waals surface area contributed by atoms with Crippen molar-refractivity contribution in [1.29, 1.82) is 0 Å². The first-order chi connectivity index (χ1) is 36.0. The van der Waals surface area contributed by atoms with E-state index in [0.29, 0.717) is 25.9 Å². The molecule has 0 saturated carbocycles. The second-order valence-electron chi connectivity index (χ2n) is 23.5. The van der Waals surface area contributed by atoms with Gasteiger partial charge >= 0.3 is 5.97 Å². The summed E-state index contributed by atoms with van der Waals surface area (Å²) < 4.78 is 5.50. The van der Waals surface area contributed by atoms with E-state index in [1.54, 1.807) is 0 Å². The first kappa shape index (κ1) is 71.9. The van der Waals surface area contributed by atoms with Crippen LogP contribution in [0.4, 0.5) is 0 Å². The van der Waals surface area contributed by atoms with Gasteiger partial charge in [0, 0.05) is 12.8 Å². The number of amides is 1. The molecule has 436 valence electrons. The van der Waals surface area contributed by atoms with Crippen LogP contribution in [-0.4, -0.2) is 47.4 Å². The first-order valence-corrected chi connectivity index (χ1v) is 33.8. The number of aliphatic hydroxyl groups excluding tert-OH is 2. The third-order valence-electron chi connectivity index (χ3n) is 16.2. The number of unbranched alkanes of at least 4 members (excludes halogenated alkanes) is 53. The van der Waals surface area contributed by atoms with Crippen LogP contribution in [0.1, 0.15) is 393 Å². The Kier molecular flexibility index (Phi) is 62.4.